The molecular weight excluding hydrogens is 402 g/mol. The molecule has 1 fully saturated rings. The molecular formula is C22H22F2N6O. The molecule has 1 atom stereocenters. The first-order valence-electron chi connectivity index (χ1n) is 10.1. The van der Waals surface area contributed by atoms with Crippen LogP contribution >= 0.6 is 0 Å². The number of halogens is 2. The van der Waals surface area contributed by atoms with Gasteiger partial charge in [-0.05, 0) is 51.0 Å². The van der Waals surface area contributed by atoms with Gasteiger partial charge in [0, 0.05) is 30.1 Å². The highest BCUT2D eigenvalue weighted by Crippen LogP contribution is 2.37. The summed E-state index contributed by atoms with van der Waals surface area (Å²) in [4.78, 5) is 6.78. The molecule has 3 aromatic heterocycles. The van der Waals surface area contributed by atoms with Crippen LogP contribution in [0.2, 0.25) is 0 Å². The highest BCUT2D eigenvalue weighted by molar-refractivity contribution is 5.61. The summed E-state index contributed by atoms with van der Waals surface area (Å²) in [6.45, 7) is 4.08. The van der Waals surface area contributed by atoms with Crippen LogP contribution in [0.25, 0.3) is 11.3 Å². The maximum atomic E-state index is 14.4. The Morgan fingerprint density at radius 3 is 2.74 bits per heavy atom. The second-order valence-electron chi connectivity index (χ2n) is 8.33. The molecule has 160 valence electrons. The summed E-state index contributed by atoms with van der Waals surface area (Å²) in [5.74, 6) is -0.207. The summed E-state index contributed by atoms with van der Waals surface area (Å²) < 4.78 is 31.5. The Kier molecular flexibility index (Phi) is 4.51. The molecule has 0 saturated carbocycles. The van der Waals surface area contributed by atoms with Crippen molar-refractivity contribution in [1.29, 1.82) is 0 Å². The van der Waals surface area contributed by atoms with Gasteiger partial charge < -0.3 is 10.0 Å². The van der Waals surface area contributed by atoms with E-state index in [0.29, 0.717) is 41.2 Å². The van der Waals surface area contributed by atoms with Crippen molar-refractivity contribution >= 4 is 11.5 Å². The minimum Gasteiger partial charge on any atom is -0.386 e. The monoisotopic (exact) mass is 424 g/mol. The lowest BCUT2D eigenvalue weighted by atomic mass is 10.0. The van der Waals surface area contributed by atoms with E-state index in [0.717, 1.165) is 12.5 Å². The summed E-state index contributed by atoms with van der Waals surface area (Å²) in [6, 6.07) is 5.11. The molecule has 1 unspecified atom stereocenters. The maximum absolute atomic E-state index is 14.4. The number of hydrogen-bond acceptors (Lipinski definition) is 5. The Labute approximate surface area is 177 Å². The number of aromatic nitrogens is 5. The van der Waals surface area contributed by atoms with Gasteiger partial charge >= 0.3 is 0 Å². The summed E-state index contributed by atoms with van der Waals surface area (Å²) >= 11 is 0. The molecule has 1 aliphatic heterocycles. The lowest BCUT2D eigenvalue weighted by Gasteiger charge is -2.26. The smallest absolute Gasteiger partial charge is 0.183 e. The average Bonchev–Trinajstić information content (AvgIpc) is 3.47. The second-order valence-corrected chi connectivity index (χ2v) is 8.33. The molecule has 5 rings (SSSR count). The third-order valence-corrected chi connectivity index (χ3v) is 5.74. The molecule has 1 N–H and O–H groups in total. The predicted octanol–water partition coefficient (Wildman–Crippen LogP) is 3.76. The fourth-order valence-electron chi connectivity index (χ4n) is 4.07. The van der Waals surface area contributed by atoms with Crippen LogP contribution in [0.5, 0.6) is 0 Å². The van der Waals surface area contributed by atoms with Gasteiger partial charge in [0.2, 0.25) is 0 Å². The standard InChI is InChI=1S/C22H22F2N6O/c1-22(2,31)14-11-25-30(13-14)19-12-26-29-9-7-20(27-21(19)29)28-8-3-4-18(28)16-10-15(23)5-6-17(16)24/h5-7,9-13,18,31H,3-4,8H2,1-2H3. The Morgan fingerprint density at radius 2 is 1.97 bits per heavy atom. The third kappa shape index (κ3) is 3.44. The van der Waals surface area contributed by atoms with Crippen molar-refractivity contribution in [2.45, 2.75) is 38.3 Å². The number of anilines is 1. The minimum absolute atomic E-state index is 0.288. The topological polar surface area (TPSA) is 71.5 Å². The maximum Gasteiger partial charge on any atom is 0.183 e. The van der Waals surface area contributed by atoms with Crippen LogP contribution in [0.1, 0.15) is 43.9 Å². The summed E-state index contributed by atoms with van der Waals surface area (Å²) in [5.41, 5.74) is 1.23. The molecule has 1 aliphatic rings. The van der Waals surface area contributed by atoms with E-state index >= 15 is 0 Å². The fraction of sp³-hybridized carbons (Fsp3) is 0.318. The number of rotatable bonds is 4. The van der Waals surface area contributed by atoms with Gasteiger partial charge in [0.05, 0.1) is 24.0 Å². The van der Waals surface area contributed by atoms with Gasteiger partial charge in [-0.3, -0.25) is 0 Å². The van der Waals surface area contributed by atoms with Crippen molar-refractivity contribution in [2.75, 3.05) is 11.4 Å². The summed E-state index contributed by atoms with van der Waals surface area (Å²) in [6.07, 6.45) is 8.36. The lowest BCUT2D eigenvalue weighted by Crippen LogP contribution is -2.24. The van der Waals surface area contributed by atoms with E-state index in [9.17, 15) is 13.9 Å². The normalized spacial score (nSPS) is 17.1. The van der Waals surface area contributed by atoms with Gasteiger partial charge in [-0.25, -0.2) is 23.0 Å². The number of benzene rings is 1. The molecule has 4 aromatic rings. The highest BCUT2D eigenvalue weighted by atomic mass is 19.1. The van der Waals surface area contributed by atoms with Crippen LogP contribution in [0.15, 0.2) is 49.1 Å². The average molecular weight is 424 g/mol. The molecule has 9 heteroatoms. The molecule has 0 radical (unpaired) electrons. The first kappa shape index (κ1) is 19.6. The summed E-state index contributed by atoms with van der Waals surface area (Å²) in [7, 11) is 0. The summed E-state index contributed by atoms with van der Waals surface area (Å²) in [5, 5.41) is 18.9. The molecule has 0 amide bonds. The fourth-order valence-corrected chi connectivity index (χ4v) is 4.07. The van der Waals surface area contributed by atoms with Crippen LogP contribution in [0.3, 0.4) is 0 Å². The number of nitrogens with zero attached hydrogens (tertiary/aromatic N) is 6. The largest absolute Gasteiger partial charge is 0.386 e. The Morgan fingerprint density at radius 1 is 1.13 bits per heavy atom. The zero-order valence-electron chi connectivity index (χ0n) is 17.2. The second kappa shape index (κ2) is 7.12. The molecule has 1 saturated heterocycles. The van der Waals surface area contributed by atoms with Gasteiger partial charge in [-0.1, -0.05) is 0 Å². The van der Waals surface area contributed by atoms with Crippen LogP contribution in [-0.4, -0.2) is 36.0 Å². The quantitative estimate of drug-likeness (QED) is 0.540. The van der Waals surface area contributed by atoms with Crippen LogP contribution in [-0.2, 0) is 5.60 Å². The first-order chi connectivity index (χ1) is 14.8. The van der Waals surface area contributed by atoms with Crippen LogP contribution in [0, 0.1) is 11.6 Å². The SMILES string of the molecule is CC(C)(O)c1cnn(-c2cnn3ccc(N4CCCC4c4cc(F)ccc4F)nc23)c1. The number of fused-ring (bicyclic) bond motifs is 1. The number of aliphatic hydroxyl groups is 1. The van der Waals surface area contributed by atoms with Crippen LogP contribution < -0.4 is 4.90 Å². The first-order valence-corrected chi connectivity index (χ1v) is 10.1. The van der Waals surface area contributed by atoms with Crippen molar-refractivity contribution in [3.8, 4) is 5.69 Å². The van der Waals surface area contributed by atoms with E-state index in [2.05, 4.69) is 10.2 Å². The zero-order chi connectivity index (χ0) is 21.8. The van der Waals surface area contributed by atoms with E-state index in [1.807, 2.05) is 11.0 Å². The lowest BCUT2D eigenvalue weighted by molar-refractivity contribution is 0.0786. The molecule has 0 aliphatic carbocycles. The Bertz CT molecular complexity index is 1260. The van der Waals surface area contributed by atoms with Crippen molar-refractivity contribution in [3.05, 3.63) is 71.8 Å². The van der Waals surface area contributed by atoms with E-state index in [1.165, 1.54) is 12.1 Å². The van der Waals surface area contributed by atoms with E-state index in [4.69, 9.17) is 4.98 Å². The van der Waals surface area contributed by atoms with Crippen molar-refractivity contribution in [1.82, 2.24) is 24.4 Å². The molecule has 1 aromatic carbocycles. The van der Waals surface area contributed by atoms with Gasteiger partial charge in [-0.2, -0.15) is 10.2 Å². The molecule has 0 bridgehead atoms. The zero-order valence-corrected chi connectivity index (χ0v) is 17.2. The van der Waals surface area contributed by atoms with E-state index in [1.54, 1.807) is 47.8 Å². The molecule has 31 heavy (non-hydrogen) atoms. The van der Waals surface area contributed by atoms with Crippen molar-refractivity contribution in [3.63, 3.8) is 0 Å². The minimum atomic E-state index is -1.02. The van der Waals surface area contributed by atoms with Gasteiger partial charge in [0.25, 0.3) is 0 Å². The van der Waals surface area contributed by atoms with Crippen molar-refractivity contribution < 1.29 is 13.9 Å². The van der Waals surface area contributed by atoms with E-state index in [-0.39, 0.29) is 6.04 Å². The van der Waals surface area contributed by atoms with Gasteiger partial charge in [-0.15, -0.1) is 0 Å². The Hall–Kier alpha value is -3.33. The third-order valence-electron chi connectivity index (χ3n) is 5.74. The van der Waals surface area contributed by atoms with Gasteiger partial charge in [0.15, 0.2) is 5.65 Å². The molecule has 7 nitrogen and oxygen atoms in total. The molecule has 4 heterocycles. The van der Waals surface area contributed by atoms with Crippen LogP contribution in [0.4, 0.5) is 14.6 Å². The van der Waals surface area contributed by atoms with Gasteiger partial charge in [0.1, 0.15) is 23.1 Å². The van der Waals surface area contributed by atoms with Crippen molar-refractivity contribution in [2.24, 2.45) is 0 Å². The number of hydrogen-bond donors (Lipinski definition) is 1. The highest BCUT2D eigenvalue weighted by Gasteiger charge is 2.30. The predicted molar refractivity (Wildman–Crippen MR) is 111 cm³/mol. The van der Waals surface area contributed by atoms with E-state index < -0.39 is 17.2 Å². The molecule has 0 spiro atoms. The Balaban J connectivity index is 1.55.